The third kappa shape index (κ3) is 3.24. The molecule has 5 nitrogen and oxygen atoms in total. The third-order valence-corrected chi connectivity index (χ3v) is 4.30. The van der Waals surface area contributed by atoms with Gasteiger partial charge in [-0.2, -0.15) is 0 Å². The molecule has 0 spiro atoms. The highest BCUT2D eigenvalue weighted by Crippen LogP contribution is 2.32. The summed E-state index contributed by atoms with van der Waals surface area (Å²) in [6, 6.07) is 0.279. The van der Waals surface area contributed by atoms with Crippen molar-refractivity contribution in [3.63, 3.8) is 0 Å². The van der Waals surface area contributed by atoms with Crippen molar-refractivity contribution in [2.45, 2.75) is 45.1 Å². The Labute approximate surface area is 124 Å². The molecule has 2 aromatic rings. The second-order valence-electron chi connectivity index (χ2n) is 6.07. The molecule has 2 rings (SSSR count). The zero-order chi connectivity index (χ0) is 14.8. The van der Waals surface area contributed by atoms with Crippen molar-refractivity contribution in [1.82, 2.24) is 24.5 Å². The molecule has 0 aromatic carbocycles. The summed E-state index contributed by atoms with van der Waals surface area (Å²) in [5.41, 5.74) is 1.13. The fourth-order valence-electron chi connectivity index (χ4n) is 2.26. The van der Waals surface area contributed by atoms with Gasteiger partial charge in [0.15, 0.2) is 0 Å². The lowest BCUT2D eigenvalue weighted by Crippen LogP contribution is -2.22. The van der Waals surface area contributed by atoms with Gasteiger partial charge in [-0.05, 0) is 25.0 Å². The van der Waals surface area contributed by atoms with Crippen LogP contribution in [0.25, 0.3) is 0 Å². The zero-order valence-corrected chi connectivity index (χ0v) is 13.7. The molecule has 0 aliphatic rings. The first kappa shape index (κ1) is 15.1. The summed E-state index contributed by atoms with van der Waals surface area (Å²) >= 11 is 1.50. The molecule has 0 radical (unpaired) electrons. The van der Waals surface area contributed by atoms with Crippen molar-refractivity contribution in [2.75, 3.05) is 7.05 Å². The van der Waals surface area contributed by atoms with Gasteiger partial charge in [0.25, 0.3) is 0 Å². The van der Waals surface area contributed by atoms with Gasteiger partial charge in [0.2, 0.25) is 0 Å². The van der Waals surface area contributed by atoms with Gasteiger partial charge in [0.1, 0.15) is 5.82 Å². The summed E-state index contributed by atoms with van der Waals surface area (Å²) < 4.78 is 6.22. The van der Waals surface area contributed by atoms with E-state index >= 15 is 0 Å². The van der Waals surface area contributed by atoms with Crippen LogP contribution in [0.5, 0.6) is 0 Å². The SMILES string of the molecule is CNC(CCc1nccn1C)c1snnc1C(C)(C)C. The minimum atomic E-state index is 0.0284. The molecule has 0 aliphatic carbocycles. The van der Waals surface area contributed by atoms with Crippen molar-refractivity contribution in [3.8, 4) is 0 Å². The fourth-order valence-corrected chi connectivity index (χ4v) is 3.27. The van der Waals surface area contributed by atoms with Crippen LogP contribution in [0.15, 0.2) is 12.4 Å². The van der Waals surface area contributed by atoms with Crippen LogP contribution in [0.2, 0.25) is 0 Å². The van der Waals surface area contributed by atoms with Crippen LogP contribution >= 0.6 is 11.5 Å². The number of hydrogen-bond donors (Lipinski definition) is 1. The average molecular weight is 293 g/mol. The first-order valence-electron chi connectivity index (χ1n) is 6.89. The van der Waals surface area contributed by atoms with E-state index < -0.39 is 0 Å². The highest BCUT2D eigenvalue weighted by molar-refractivity contribution is 7.05. The van der Waals surface area contributed by atoms with E-state index in [0.717, 1.165) is 24.4 Å². The monoisotopic (exact) mass is 293 g/mol. The molecule has 20 heavy (non-hydrogen) atoms. The van der Waals surface area contributed by atoms with Crippen LogP contribution in [0.1, 0.15) is 49.6 Å². The molecule has 6 heteroatoms. The first-order chi connectivity index (χ1) is 9.43. The lowest BCUT2D eigenvalue weighted by molar-refractivity contribution is 0.508. The van der Waals surface area contributed by atoms with Gasteiger partial charge in [-0.3, -0.25) is 0 Å². The van der Waals surface area contributed by atoms with Crippen molar-refractivity contribution in [3.05, 3.63) is 28.8 Å². The summed E-state index contributed by atoms with van der Waals surface area (Å²) in [4.78, 5) is 5.63. The normalized spacial score (nSPS) is 13.7. The Balaban J connectivity index is 2.13. The number of aromatic nitrogens is 4. The minimum Gasteiger partial charge on any atom is -0.338 e. The van der Waals surface area contributed by atoms with Crippen LogP contribution < -0.4 is 5.32 Å². The van der Waals surface area contributed by atoms with Crippen molar-refractivity contribution < 1.29 is 0 Å². The summed E-state index contributed by atoms with van der Waals surface area (Å²) in [7, 11) is 4.03. The second-order valence-corrected chi connectivity index (χ2v) is 6.86. The largest absolute Gasteiger partial charge is 0.338 e. The average Bonchev–Trinajstić information content (AvgIpc) is 2.99. The summed E-state index contributed by atoms with van der Waals surface area (Å²) in [5.74, 6) is 1.11. The zero-order valence-electron chi connectivity index (χ0n) is 12.8. The Kier molecular flexibility index (Phi) is 4.55. The summed E-state index contributed by atoms with van der Waals surface area (Å²) in [6.45, 7) is 6.54. The molecule has 110 valence electrons. The summed E-state index contributed by atoms with van der Waals surface area (Å²) in [6.07, 6.45) is 5.77. The van der Waals surface area contributed by atoms with Gasteiger partial charge in [0, 0.05) is 37.3 Å². The van der Waals surface area contributed by atoms with Crippen LogP contribution in [-0.4, -0.2) is 26.2 Å². The number of nitrogens with zero attached hydrogens (tertiary/aromatic N) is 4. The molecule has 0 bridgehead atoms. The number of rotatable bonds is 5. The van der Waals surface area contributed by atoms with E-state index in [9.17, 15) is 0 Å². The number of imidazole rings is 1. The van der Waals surface area contributed by atoms with Gasteiger partial charge >= 0.3 is 0 Å². The smallest absolute Gasteiger partial charge is 0.108 e. The predicted molar refractivity (Wildman–Crippen MR) is 81.9 cm³/mol. The molecule has 1 unspecified atom stereocenters. The topological polar surface area (TPSA) is 55.6 Å². The standard InChI is InChI=1S/C14H23N5S/c1-14(2,3)13-12(20-18-17-13)10(15-4)6-7-11-16-8-9-19(11)5/h8-10,15H,6-7H2,1-5H3. The lowest BCUT2D eigenvalue weighted by atomic mass is 9.89. The van der Waals surface area contributed by atoms with Crippen LogP contribution in [0.4, 0.5) is 0 Å². The van der Waals surface area contributed by atoms with E-state index in [2.05, 4.69) is 45.2 Å². The first-order valence-corrected chi connectivity index (χ1v) is 7.67. The Morgan fingerprint density at radius 2 is 2.15 bits per heavy atom. The lowest BCUT2D eigenvalue weighted by Gasteiger charge is -2.21. The molecule has 1 N–H and O–H groups in total. The molecule has 0 saturated carbocycles. The van der Waals surface area contributed by atoms with Gasteiger partial charge in [-0.25, -0.2) is 4.98 Å². The van der Waals surface area contributed by atoms with Crippen molar-refractivity contribution in [1.29, 1.82) is 0 Å². The van der Waals surface area contributed by atoms with Crippen LogP contribution in [-0.2, 0) is 18.9 Å². The van der Waals surface area contributed by atoms with Crippen LogP contribution in [0.3, 0.4) is 0 Å². The number of hydrogen-bond acceptors (Lipinski definition) is 5. The van der Waals surface area contributed by atoms with E-state index in [1.807, 2.05) is 26.5 Å². The summed E-state index contributed by atoms with van der Waals surface area (Å²) in [5, 5.41) is 7.72. The molecule has 2 heterocycles. The maximum atomic E-state index is 4.38. The predicted octanol–water partition coefficient (Wildman–Crippen LogP) is 2.46. The van der Waals surface area contributed by atoms with Gasteiger partial charge in [-0.15, -0.1) is 5.10 Å². The van der Waals surface area contributed by atoms with E-state index in [-0.39, 0.29) is 11.5 Å². The Morgan fingerprint density at radius 1 is 1.40 bits per heavy atom. The van der Waals surface area contributed by atoms with Gasteiger partial charge < -0.3 is 9.88 Å². The highest BCUT2D eigenvalue weighted by atomic mass is 32.1. The van der Waals surface area contributed by atoms with Crippen molar-refractivity contribution >= 4 is 11.5 Å². The Hall–Kier alpha value is -1.27. The number of aryl methyl sites for hydroxylation is 2. The van der Waals surface area contributed by atoms with Crippen LogP contribution in [0, 0.1) is 0 Å². The number of nitrogens with one attached hydrogen (secondary N) is 1. The van der Waals surface area contributed by atoms with E-state index in [1.165, 1.54) is 16.4 Å². The Morgan fingerprint density at radius 3 is 2.70 bits per heavy atom. The molecule has 2 aromatic heterocycles. The Bertz CT molecular complexity index is 552. The molecule has 0 saturated heterocycles. The van der Waals surface area contributed by atoms with Gasteiger partial charge in [-0.1, -0.05) is 25.3 Å². The molecular formula is C14H23N5S. The third-order valence-electron chi connectivity index (χ3n) is 3.47. The molecule has 1 atom stereocenters. The molecular weight excluding hydrogens is 270 g/mol. The molecule has 0 amide bonds. The van der Waals surface area contributed by atoms with Gasteiger partial charge in [0.05, 0.1) is 10.6 Å². The highest BCUT2D eigenvalue weighted by Gasteiger charge is 2.26. The van der Waals surface area contributed by atoms with E-state index in [1.54, 1.807) is 0 Å². The van der Waals surface area contributed by atoms with E-state index in [0.29, 0.717) is 0 Å². The maximum Gasteiger partial charge on any atom is 0.108 e. The van der Waals surface area contributed by atoms with E-state index in [4.69, 9.17) is 0 Å². The molecule has 0 fully saturated rings. The quantitative estimate of drug-likeness (QED) is 0.920. The van der Waals surface area contributed by atoms with Crippen molar-refractivity contribution in [2.24, 2.45) is 7.05 Å². The fraction of sp³-hybridized carbons (Fsp3) is 0.643. The maximum absolute atomic E-state index is 4.38. The minimum absolute atomic E-state index is 0.0284. The second kappa shape index (κ2) is 6.01. The molecule has 0 aliphatic heterocycles.